The number of carbonyl (C=O) groups excluding carboxylic acids is 2. The van der Waals surface area contributed by atoms with E-state index in [4.69, 9.17) is 35.7 Å². The predicted molar refractivity (Wildman–Crippen MR) is 176 cm³/mol. The molecule has 0 heterocycles. The molecule has 0 saturated heterocycles. The van der Waals surface area contributed by atoms with Crippen molar-refractivity contribution in [3.63, 3.8) is 0 Å². The summed E-state index contributed by atoms with van der Waals surface area (Å²) in [5.74, 6) is -0.281. The van der Waals surface area contributed by atoms with Crippen molar-refractivity contribution in [2.75, 3.05) is 58.3 Å². The molecule has 16 heteroatoms. The number of benzene rings is 3. The van der Waals surface area contributed by atoms with E-state index in [-0.39, 0.29) is 66.9 Å². The number of nitrogens with one attached hydrogen (secondary N) is 2. The van der Waals surface area contributed by atoms with E-state index in [0.717, 1.165) is 23.9 Å². The summed E-state index contributed by atoms with van der Waals surface area (Å²) < 4.78 is 61.5. The summed E-state index contributed by atoms with van der Waals surface area (Å²) >= 11 is 7.06. The average Bonchev–Trinajstić information content (AvgIpc) is 3.05. The van der Waals surface area contributed by atoms with Gasteiger partial charge in [0.05, 0.1) is 54.0 Å². The number of ether oxygens (including phenoxy) is 4. The van der Waals surface area contributed by atoms with Crippen molar-refractivity contribution in [2.24, 2.45) is 5.10 Å². The van der Waals surface area contributed by atoms with Gasteiger partial charge in [0, 0.05) is 37.4 Å². The number of thioether (sulfide) groups is 1. The zero-order chi connectivity index (χ0) is 35.1. The first-order chi connectivity index (χ1) is 23.0. The minimum absolute atomic E-state index is 0.0231. The third-order valence-corrected chi connectivity index (χ3v) is 7.81. The van der Waals surface area contributed by atoms with E-state index in [2.05, 4.69) is 15.8 Å². The van der Waals surface area contributed by atoms with Crippen LogP contribution in [0.5, 0.6) is 11.5 Å². The fraction of sp³-hybridized carbons (Fsp3) is 0.344. The highest BCUT2D eigenvalue weighted by Gasteiger charge is 2.33. The van der Waals surface area contributed by atoms with Gasteiger partial charge in [-0.3, -0.25) is 9.59 Å². The van der Waals surface area contributed by atoms with Gasteiger partial charge in [-0.25, -0.2) is 5.43 Å². The summed E-state index contributed by atoms with van der Waals surface area (Å²) in [6, 6.07) is 12.6. The molecule has 3 aromatic rings. The fourth-order valence-corrected chi connectivity index (χ4v) is 5.11. The topological polar surface area (TPSA) is 148 Å². The van der Waals surface area contributed by atoms with Crippen LogP contribution < -0.4 is 20.2 Å². The van der Waals surface area contributed by atoms with Crippen LogP contribution in [0.15, 0.2) is 59.7 Å². The summed E-state index contributed by atoms with van der Waals surface area (Å²) in [6.07, 6.45) is -4.53. The maximum absolute atomic E-state index is 13.4. The molecule has 48 heavy (non-hydrogen) atoms. The minimum atomic E-state index is -4.69. The van der Waals surface area contributed by atoms with Crippen molar-refractivity contribution < 1.29 is 51.9 Å². The molecule has 3 aromatic carbocycles. The Morgan fingerprint density at radius 3 is 2.31 bits per heavy atom. The molecule has 4 N–H and O–H groups in total. The molecule has 260 valence electrons. The van der Waals surface area contributed by atoms with Gasteiger partial charge in [0.15, 0.2) is 11.5 Å². The third-order valence-electron chi connectivity index (χ3n) is 6.32. The molecule has 11 nitrogen and oxygen atoms in total. The average molecular weight is 714 g/mol. The molecular formula is C32H35ClF3N3O8S. The molecule has 0 aliphatic rings. The molecular weight excluding hydrogens is 679 g/mol. The number of carbonyl (C=O) groups is 2. The lowest BCUT2D eigenvalue weighted by Gasteiger charge is -2.17. The Labute approximate surface area is 284 Å². The number of hydrazone groups is 1. The van der Waals surface area contributed by atoms with Crippen molar-refractivity contribution in [3.05, 3.63) is 87.4 Å². The van der Waals surface area contributed by atoms with Crippen LogP contribution >= 0.6 is 23.4 Å². The van der Waals surface area contributed by atoms with E-state index in [1.54, 1.807) is 24.3 Å². The van der Waals surface area contributed by atoms with Crippen LogP contribution in [0.25, 0.3) is 0 Å². The van der Waals surface area contributed by atoms with E-state index < -0.39 is 34.7 Å². The molecule has 0 spiro atoms. The number of methoxy groups -OCH3 is 2. The molecule has 0 fully saturated rings. The van der Waals surface area contributed by atoms with Crippen LogP contribution in [0.1, 0.15) is 37.4 Å². The van der Waals surface area contributed by atoms with Gasteiger partial charge in [-0.1, -0.05) is 29.8 Å². The number of halogens is 4. The smallest absolute Gasteiger partial charge is 0.417 e. The highest BCUT2D eigenvalue weighted by molar-refractivity contribution is 7.98. The molecule has 2 amide bonds. The van der Waals surface area contributed by atoms with Crippen LogP contribution in [-0.2, 0) is 21.4 Å². The summed E-state index contributed by atoms with van der Waals surface area (Å²) in [5, 5.41) is 24.7. The molecule has 0 aliphatic heterocycles. The highest BCUT2D eigenvalue weighted by Crippen LogP contribution is 2.36. The quantitative estimate of drug-likeness (QED) is 0.0811. The molecule has 0 aliphatic carbocycles. The van der Waals surface area contributed by atoms with Crippen molar-refractivity contribution in [2.45, 2.75) is 18.0 Å². The normalized spacial score (nSPS) is 12.2. The molecule has 3 rings (SSSR count). The number of alkyl halides is 3. The maximum Gasteiger partial charge on any atom is 0.417 e. The van der Waals surface area contributed by atoms with Crippen molar-refractivity contribution in [1.82, 2.24) is 5.43 Å². The zero-order valence-corrected chi connectivity index (χ0v) is 27.6. The van der Waals surface area contributed by atoms with Gasteiger partial charge in [-0.15, -0.1) is 0 Å². The summed E-state index contributed by atoms with van der Waals surface area (Å²) in [7, 11) is 2.98. The summed E-state index contributed by atoms with van der Waals surface area (Å²) in [6.45, 7) is 0.310. The van der Waals surface area contributed by atoms with E-state index in [0.29, 0.717) is 11.5 Å². The first kappa shape index (κ1) is 38.6. The number of amides is 2. The Morgan fingerprint density at radius 2 is 1.67 bits per heavy atom. The SMILES string of the molecule is COCCOc1cc(NC(=O)c2cccc(CSCC(O)CO)c2)c(C(=O)NN=Cc2ccc(Cl)c(C(F)(F)F)c2)cc1OCCOC. The first-order valence-electron chi connectivity index (χ1n) is 14.4. The number of nitrogens with zero attached hydrogens (tertiary/aromatic N) is 1. The van der Waals surface area contributed by atoms with Gasteiger partial charge in [0.25, 0.3) is 11.8 Å². The number of anilines is 1. The highest BCUT2D eigenvalue weighted by atomic mass is 35.5. The number of rotatable bonds is 18. The van der Waals surface area contributed by atoms with Gasteiger partial charge in [0.1, 0.15) is 13.2 Å². The zero-order valence-electron chi connectivity index (χ0n) is 26.0. The Kier molecular flexibility index (Phi) is 15.4. The lowest BCUT2D eigenvalue weighted by Crippen LogP contribution is -2.22. The second-order valence-corrected chi connectivity index (χ2v) is 11.4. The van der Waals surface area contributed by atoms with E-state index in [9.17, 15) is 27.9 Å². The standard InChI is InChI=1S/C32H35ClF3N3O8S/c1-44-8-10-46-28-14-24(31(43)39-37-16-20-6-7-26(33)25(13-20)32(34,35)36)27(15-29(28)47-11-9-45-2)38-30(42)22-5-3-4-21(12-22)18-48-19-23(41)17-40/h3-7,12-16,23,40-41H,8-11,17-19H2,1-2H3,(H,38,42)(H,39,43). The van der Waals surface area contributed by atoms with Gasteiger partial charge >= 0.3 is 6.18 Å². The van der Waals surface area contributed by atoms with Gasteiger partial charge < -0.3 is 34.5 Å². The van der Waals surface area contributed by atoms with Crippen LogP contribution in [0.2, 0.25) is 5.02 Å². The Bertz CT molecular complexity index is 1560. The number of aliphatic hydroxyl groups is 2. The van der Waals surface area contributed by atoms with E-state index >= 15 is 0 Å². The van der Waals surface area contributed by atoms with E-state index in [1.165, 1.54) is 44.2 Å². The van der Waals surface area contributed by atoms with Crippen molar-refractivity contribution >= 4 is 47.1 Å². The number of hydrogen-bond acceptors (Lipinski definition) is 10. The van der Waals surface area contributed by atoms with Gasteiger partial charge in [0.2, 0.25) is 0 Å². The second-order valence-electron chi connectivity index (χ2n) is 9.97. The minimum Gasteiger partial charge on any atom is -0.487 e. The largest absolute Gasteiger partial charge is 0.487 e. The lowest BCUT2D eigenvalue weighted by molar-refractivity contribution is -0.137. The first-order valence-corrected chi connectivity index (χ1v) is 15.9. The third kappa shape index (κ3) is 12.0. The number of hydrogen-bond donors (Lipinski definition) is 4. The van der Waals surface area contributed by atoms with E-state index in [1.807, 2.05) is 0 Å². The fourth-order valence-electron chi connectivity index (χ4n) is 3.98. The lowest BCUT2D eigenvalue weighted by atomic mass is 10.1. The van der Waals surface area contributed by atoms with Crippen LogP contribution in [0, 0.1) is 0 Å². The molecule has 1 atom stereocenters. The molecule has 0 radical (unpaired) electrons. The van der Waals surface area contributed by atoms with Crippen LogP contribution in [-0.4, -0.2) is 87.4 Å². The Hall–Kier alpha value is -3.86. The van der Waals surface area contributed by atoms with Crippen molar-refractivity contribution in [3.8, 4) is 11.5 Å². The van der Waals surface area contributed by atoms with Crippen LogP contribution in [0.3, 0.4) is 0 Å². The molecule has 1 unspecified atom stereocenters. The molecule has 0 bridgehead atoms. The summed E-state index contributed by atoms with van der Waals surface area (Å²) in [5.41, 5.74) is 2.22. The van der Waals surface area contributed by atoms with Gasteiger partial charge in [-0.05, 0) is 41.5 Å². The number of aliphatic hydroxyl groups excluding tert-OH is 2. The Morgan fingerprint density at radius 1 is 0.979 bits per heavy atom. The predicted octanol–water partition coefficient (Wildman–Crippen LogP) is 5.01. The monoisotopic (exact) mass is 713 g/mol. The molecule has 0 aromatic heterocycles. The van der Waals surface area contributed by atoms with Crippen molar-refractivity contribution in [1.29, 1.82) is 0 Å². The second kappa shape index (κ2) is 19.2. The van der Waals surface area contributed by atoms with Crippen LogP contribution in [0.4, 0.5) is 18.9 Å². The maximum atomic E-state index is 13.4. The molecule has 0 saturated carbocycles. The summed E-state index contributed by atoms with van der Waals surface area (Å²) in [4.78, 5) is 26.8. The Balaban J connectivity index is 1.92. The van der Waals surface area contributed by atoms with Gasteiger partial charge in [-0.2, -0.15) is 30.0 Å².